The Balaban J connectivity index is 0.000000207. The molecule has 3 rings (SSSR count). The monoisotopic (exact) mass is 498 g/mol. The van der Waals surface area contributed by atoms with Crippen LogP contribution in [-0.4, -0.2) is 24.9 Å². The zero-order valence-electron chi connectivity index (χ0n) is 14.1. The highest BCUT2D eigenvalue weighted by Crippen LogP contribution is 2.38. The van der Waals surface area contributed by atoms with Crippen LogP contribution in [-0.2, 0) is 0 Å². The van der Waals surface area contributed by atoms with Gasteiger partial charge in [-0.1, -0.05) is 12.1 Å². The molecule has 0 atom stereocenters. The lowest BCUT2D eigenvalue weighted by Crippen LogP contribution is -1.97. The summed E-state index contributed by atoms with van der Waals surface area (Å²) in [5.41, 5.74) is -0.645. The number of aromatic hydroxyl groups is 1. The Hall–Kier alpha value is -3.42. The lowest BCUT2D eigenvalue weighted by atomic mass is 10.1. The predicted molar refractivity (Wildman–Crippen MR) is 107 cm³/mol. The van der Waals surface area contributed by atoms with Crippen molar-refractivity contribution in [2.24, 2.45) is 0 Å². The second-order valence-electron chi connectivity index (χ2n) is 5.37. The molecule has 1 aromatic heterocycles. The maximum atomic E-state index is 10.4. The molecule has 0 amide bonds. The van der Waals surface area contributed by atoms with Gasteiger partial charge >= 0.3 is 11.4 Å². The second kappa shape index (κ2) is 8.51. The summed E-state index contributed by atoms with van der Waals surface area (Å²) in [6.07, 6.45) is 1.84. The van der Waals surface area contributed by atoms with Crippen molar-refractivity contribution in [3.63, 3.8) is 0 Å². The molecule has 0 spiro atoms. The number of benzene rings is 2. The highest BCUT2D eigenvalue weighted by atomic mass is 127. The van der Waals surface area contributed by atoms with E-state index in [9.17, 15) is 30.3 Å². The summed E-state index contributed by atoms with van der Waals surface area (Å²) in [5.74, 6) is -1.21. The number of hydrogen-bond acceptors (Lipinski definition) is 8. The van der Waals surface area contributed by atoms with Crippen molar-refractivity contribution in [3.05, 3.63) is 82.1 Å². The SMILES string of the molecule is Cc1ccc(I)c2cccnc12.O=[N+]([O-])c1cc([N+](=O)[O-])c(O)c([N+](=O)[O-])c1. The Labute approximate surface area is 170 Å². The molecule has 0 saturated carbocycles. The van der Waals surface area contributed by atoms with Gasteiger partial charge < -0.3 is 5.11 Å². The summed E-state index contributed by atoms with van der Waals surface area (Å²) in [6.45, 7) is 2.09. The van der Waals surface area contributed by atoms with Crippen molar-refractivity contribution < 1.29 is 19.9 Å². The lowest BCUT2D eigenvalue weighted by Gasteiger charge is -2.01. The molecule has 12 heteroatoms. The average Bonchev–Trinajstić information content (AvgIpc) is 2.65. The zero-order valence-corrected chi connectivity index (χ0v) is 16.3. The van der Waals surface area contributed by atoms with Crippen LogP contribution in [0.2, 0.25) is 0 Å². The predicted octanol–water partition coefficient (Wildman–Crippen LogP) is 4.26. The van der Waals surface area contributed by atoms with Crippen molar-refractivity contribution in [1.29, 1.82) is 0 Å². The van der Waals surface area contributed by atoms with Gasteiger partial charge in [0.25, 0.3) is 11.4 Å². The van der Waals surface area contributed by atoms with E-state index in [1.165, 1.54) is 14.5 Å². The van der Waals surface area contributed by atoms with Gasteiger partial charge in [0.05, 0.1) is 32.4 Å². The maximum absolute atomic E-state index is 10.4. The fourth-order valence-corrected chi connectivity index (χ4v) is 2.87. The Morgan fingerprint density at radius 2 is 1.54 bits per heavy atom. The molecule has 0 saturated heterocycles. The highest BCUT2D eigenvalue weighted by molar-refractivity contribution is 14.1. The molecule has 1 N–H and O–H groups in total. The molecule has 1 heterocycles. The summed E-state index contributed by atoms with van der Waals surface area (Å²) in [6, 6.07) is 9.21. The van der Waals surface area contributed by atoms with Crippen molar-refractivity contribution >= 4 is 50.6 Å². The van der Waals surface area contributed by atoms with Gasteiger partial charge in [-0.2, -0.15) is 0 Å². The van der Waals surface area contributed by atoms with Gasteiger partial charge in [-0.3, -0.25) is 35.3 Å². The number of nitro groups is 3. The standard InChI is InChI=1S/C10H8IN.C6H3N3O7/c1-7-4-5-9(11)8-3-2-6-12-10(7)8;10-6-4(8(13)14)1-3(7(11)12)2-5(6)9(15)16/h2-6H,1H3;1-2,10H. The molecule has 0 aliphatic carbocycles. The first-order valence-corrected chi connectivity index (χ1v) is 8.51. The van der Waals surface area contributed by atoms with E-state index < -0.39 is 37.6 Å². The molecule has 0 fully saturated rings. The van der Waals surface area contributed by atoms with Crippen LogP contribution in [0.25, 0.3) is 10.9 Å². The van der Waals surface area contributed by atoms with Crippen molar-refractivity contribution in [1.82, 2.24) is 4.98 Å². The number of phenolic OH excluding ortho intramolecular Hbond substituents is 1. The maximum Gasteiger partial charge on any atom is 0.324 e. The minimum atomic E-state index is -1.21. The molecule has 0 aliphatic rings. The first-order chi connectivity index (χ1) is 13.1. The van der Waals surface area contributed by atoms with E-state index in [0.29, 0.717) is 12.1 Å². The van der Waals surface area contributed by atoms with E-state index in [1.54, 1.807) is 0 Å². The molecule has 0 radical (unpaired) electrons. The van der Waals surface area contributed by atoms with E-state index >= 15 is 0 Å². The third kappa shape index (κ3) is 4.46. The normalized spacial score (nSPS) is 10.1. The fourth-order valence-electron chi connectivity index (χ4n) is 2.25. The minimum absolute atomic E-state index is 0.447. The molecule has 0 bridgehead atoms. The van der Waals surface area contributed by atoms with Gasteiger partial charge in [-0.25, -0.2) is 0 Å². The first kappa shape index (κ1) is 20.9. The average molecular weight is 498 g/mol. The Morgan fingerprint density at radius 3 is 2.00 bits per heavy atom. The van der Waals surface area contributed by atoms with Gasteiger partial charge in [0, 0.05) is 15.2 Å². The second-order valence-corrected chi connectivity index (χ2v) is 6.53. The van der Waals surface area contributed by atoms with E-state index in [0.717, 1.165) is 5.52 Å². The molecule has 144 valence electrons. The van der Waals surface area contributed by atoms with Gasteiger partial charge in [-0.05, 0) is 47.2 Å². The smallest absolute Gasteiger partial charge is 0.324 e. The van der Waals surface area contributed by atoms with Crippen LogP contribution in [0.5, 0.6) is 5.75 Å². The number of non-ortho nitro benzene ring substituents is 1. The Morgan fingerprint density at radius 1 is 0.964 bits per heavy atom. The van der Waals surface area contributed by atoms with Crippen LogP contribution in [0, 0.1) is 40.8 Å². The summed E-state index contributed by atoms with van der Waals surface area (Å²) < 4.78 is 1.27. The van der Waals surface area contributed by atoms with Crippen LogP contribution < -0.4 is 0 Å². The van der Waals surface area contributed by atoms with E-state index in [2.05, 4.69) is 52.7 Å². The number of aryl methyl sites for hydroxylation is 1. The number of phenols is 1. The molecular formula is C16H11IN4O7. The van der Waals surface area contributed by atoms with Gasteiger partial charge in [0.1, 0.15) is 0 Å². The number of aromatic nitrogens is 1. The summed E-state index contributed by atoms with van der Waals surface area (Å²) in [5, 5.41) is 41.5. The zero-order chi connectivity index (χ0) is 21.0. The third-order valence-corrected chi connectivity index (χ3v) is 4.52. The molecule has 0 aliphatic heterocycles. The van der Waals surface area contributed by atoms with Gasteiger partial charge in [0.2, 0.25) is 0 Å². The van der Waals surface area contributed by atoms with Gasteiger partial charge in [0.15, 0.2) is 0 Å². The van der Waals surface area contributed by atoms with E-state index in [-0.39, 0.29) is 0 Å². The fraction of sp³-hybridized carbons (Fsp3) is 0.0625. The summed E-state index contributed by atoms with van der Waals surface area (Å²) >= 11 is 2.33. The number of fused-ring (bicyclic) bond motifs is 1. The number of hydrogen-bond donors (Lipinski definition) is 1. The van der Waals surface area contributed by atoms with Crippen molar-refractivity contribution in [3.8, 4) is 5.75 Å². The highest BCUT2D eigenvalue weighted by Gasteiger charge is 2.30. The molecule has 28 heavy (non-hydrogen) atoms. The Kier molecular flexibility index (Phi) is 6.35. The number of pyridine rings is 1. The van der Waals surface area contributed by atoms with Crippen molar-refractivity contribution in [2.75, 3.05) is 0 Å². The molecular weight excluding hydrogens is 487 g/mol. The lowest BCUT2D eigenvalue weighted by molar-refractivity contribution is -0.404. The van der Waals surface area contributed by atoms with Crippen LogP contribution in [0.3, 0.4) is 0 Å². The third-order valence-electron chi connectivity index (χ3n) is 3.58. The molecule has 11 nitrogen and oxygen atoms in total. The van der Waals surface area contributed by atoms with E-state index in [1.807, 2.05) is 12.3 Å². The van der Waals surface area contributed by atoms with Crippen molar-refractivity contribution in [2.45, 2.75) is 6.92 Å². The van der Waals surface area contributed by atoms with Crippen LogP contribution in [0.15, 0.2) is 42.6 Å². The minimum Gasteiger partial charge on any atom is -0.497 e. The topological polar surface area (TPSA) is 163 Å². The van der Waals surface area contributed by atoms with Crippen LogP contribution in [0.4, 0.5) is 17.1 Å². The number of nitro benzene ring substituents is 3. The van der Waals surface area contributed by atoms with E-state index in [4.69, 9.17) is 5.11 Å². The van der Waals surface area contributed by atoms with Gasteiger partial charge in [-0.15, -0.1) is 0 Å². The molecule has 2 aromatic carbocycles. The summed E-state index contributed by atoms with van der Waals surface area (Å²) in [7, 11) is 0. The number of nitrogens with zero attached hydrogens (tertiary/aromatic N) is 4. The molecule has 3 aromatic rings. The number of halogens is 1. The summed E-state index contributed by atoms with van der Waals surface area (Å²) in [4.78, 5) is 32.1. The quantitative estimate of drug-likeness (QED) is 0.318. The van der Waals surface area contributed by atoms with Crippen LogP contribution in [0.1, 0.15) is 5.56 Å². The largest absolute Gasteiger partial charge is 0.497 e. The first-order valence-electron chi connectivity index (χ1n) is 7.43. The molecule has 0 unspecified atom stereocenters. The number of rotatable bonds is 3. The Bertz CT molecular complexity index is 1030. The van der Waals surface area contributed by atoms with Crippen LogP contribution >= 0.6 is 22.6 Å².